The van der Waals surface area contributed by atoms with Crippen molar-refractivity contribution < 1.29 is 59.8 Å². The second-order valence-corrected chi connectivity index (χ2v) is 0. The monoisotopic (exact) mass is 252 g/mol. The second kappa shape index (κ2) is 30.6. The largest absolute Gasteiger partial charge is 0 e. The zero-order chi connectivity index (χ0) is 0. The fraction of sp³-hybridized carbons (Fsp3) is 0. The van der Waals surface area contributed by atoms with Crippen LogP contribution in [-0.4, -0.2) is 27.5 Å². The molecule has 5 heavy (non-hydrogen) atoms. The Labute approximate surface area is 86.1 Å². The molecule has 0 rings (SSSR count). The molecule has 0 aliphatic carbocycles. The van der Waals surface area contributed by atoms with Crippen LogP contribution in [0.15, 0.2) is 0 Å². The van der Waals surface area contributed by atoms with E-state index in [9.17, 15) is 0 Å². The Bertz CT molecular complexity index is 11.6. The normalized spacial score (nSPS) is 0. The van der Waals surface area contributed by atoms with Gasteiger partial charge < -0.3 is 0 Å². The molecule has 0 saturated heterocycles. The number of hydrogen-bond acceptors (Lipinski definition) is 0. The van der Waals surface area contributed by atoms with Gasteiger partial charge in [-0.2, -0.15) is 0 Å². The van der Waals surface area contributed by atoms with E-state index in [1.165, 1.54) is 0 Å². The molecule has 0 aliphatic heterocycles. The van der Waals surface area contributed by atoms with Crippen molar-refractivity contribution in [2.75, 3.05) is 0 Å². The molecule has 0 aromatic rings. The summed E-state index contributed by atoms with van der Waals surface area (Å²) in [6.07, 6.45) is 0. The molecule has 5 heteroatoms. The average Bonchev–Trinajstić information content (AvgIpc) is 0. The summed E-state index contributed by atoms with van der Waals surface area (Å²) in [6, 6.07) is 0. The second-order valence-electron chi connectivity index (χ2n) is 0. The van der Waals surface area contributed by atoms with Gasteiger partial charge >= 0.3 is 10.1 Å². The molecule has 0 aliphatic rings. The molecule has 1 radical (unpaired) electrons. The summed E-state index contributed by atoms with van der Waals surface area (Å²) >= 11 is 0. The van der Waals surface area contributed by atoms with Crippen molar-refractivity contribution in [2.45, 2.75) is 0 Å². The first-order valence-electron chi connectivity index (χ1n) is 0. The third-order valence-electron chi connectivity index (χ3n) is 0. The Morgan fingerprint density at radius 3 is 1.00 bits per heavy atom. The van der Waals surface area contributed by atoms with Gasteiger partial charge in [0.05, 0.1) is 0 Å². The summed E-state index contributed by atoms with van der Waals surface area (Å²) in [5.41, 5.74) is 0. The average molecular weight is 254 g/mol. The van der Waals surface area contributed by atoms with E-state index in [0.717, 1.165) is 0 Å². The Morgan fingerprint density at radius 1 is 1.00 bits per heavy atom. The molecular formula is H5AlBeCuNiZr. The fourth-order valence-corrected chi connectivity index (χ4v) is 0. The standard InChI is InChI=1S/Al.Be.Cu.Ni.Zr.5H. The molecule has 35 valence electrons. The van der Waals surface area contributed by atoms with Gasteiger partial charge in [-0.05, 0) is 0 Å². The van der Waals surface area contributed by atoms with E-state index in [1.807, 2.05) is 0 Å². The minimum absolute atomic E-state index is 0. The van der Waals surface area contributed by atoms with Crippen molar-refractivity contribution >= 4 is 27.5 Å². The number of hydrogen-bond donors (Lipinski definition) is 0. The van der Waals surface area contributed by atoms with E-state index in [0.29, 0.717) is 0 Å². The maximum absolute atomic E-state index is 0. The fourth-order valence-electron chi connectivity index (χ4n) is 0. The minimum atomic E-state index is 0. The number of rotatable bonds is 0. The van der Waals surface area contributed by atoms with Gasteiger partial charge in [-0.25, -0.2) is 0 Å². The maximum atomic E-state index is 0. The predicted molar refractivity (Wildman–Crippen MR) is 18.5 cm³/mol. The minimum Gasteiger partial charge on any atom is 0 e. The van der Waals surface area contributed by atoms with Gasteiger partial charge in [0.2, 0.25) is 0 Å². The molecule has 0 fully saturated rings. The van der Waals surface area contributed by atoms with Gasteiger partial charge in [0, 0.05) is 59.8 Å². The summed E-state index contributed by atoms with van der Waals surface area (Å²) in [7, 11) is 0. The zero-order valence-electron chi connectivity index (χ0n) is 1.12. The van der Waals surface area contributed by atoms with Crippen LogP contribution in [0.4, 0.5) is 0 Å². The van der Waals surface area contributed by atoms with E-state index >= 15 is 0 Å². The molecular weight excluding hydrogens is 249 g/mol. The van der Waals surface area contributed by atoms with Gasteiger partial charge in [-0.3, -0.25) is 0 Å². The van der Waals surface area contributed by atoms with Crippen LogP contribution in [0, 0.1) is 0 Å². The molecule has 0 saturated carbocycles. The Balaban J connectivity index is 0. The van der Waals surface area contributed by atoms with Crippen molar-refractivity contribution in [1.82, 2.24) is 0 Å². The first-order chi connectivity index (χ1) is 0. The van der Waals surface area contributed by atoms with E-state index in [2.05, 4.69) is 0 Å². The van der Waals surface area contributed by atoms with Gasteiger partial charge in [-0.1, -0.05) is 0 Å². The van der Waals surface area contributed by atoms with Gasteiger partial charge in [0.1, 0.15) is 0 Å². The molecule has 0 heterocycles. The van der Waals surface area contributed by atoms with Crippen LogP contribution in [0.2, 0.25) is 0 Å². The molecule has 0 atom stereocenters. The SMILES string of the molecule is [AlH3].[BeH2].[Cu].[Ni].[Zr]. The summed E-state index contributed by atoms with van der Waals surface area (Å²) < 4.78 is 0. The zero-order valence-corrected chi connectivity index (χ0v) is 5.51. The van der Waals surface area contributed by atoms with Crippen LogP contribution in [0.25, 0.3) is 0 Å². The van der Waals surface area contributed by atoms with Gasteiger partial charge in [-0.15, -0.1) is 0 Å². The first-order valence-corrected chi connectivity index (χ1v) is 0. The van der Waals surface area contributed by atoms with Crippen LogP contribution in [0.1, 0.15) is 0 Å². The van der Waals surface area contributed by atoms with Gasteiger partial charge in [0.25, 0.3) is 0 Å². The summed E-state index contributed by atoms with van der Waals surface area (Å²) in [5, 5.41) is 0. The van der Waals surface area contributed by atoms with Crippen LogP contribution in [0.3, 0.4) is 0 Å². The van der Waals surface area contributed by atoms with E-state index < -0.39 is 0 Å². The molecule has 0 N–H and O–H groups in total. The predicted octanol–water partition coefficient (Wildman–Crippen LogP) is -2.11. The smallest absolute Gasteiger partial charge is 0 e. The van der Waals surface area contributed by atoms with Crippen molar-refractivity contribution in [3.8, 4) is 0 Å². The van der Waals surface area contributed by atoms with Crippen LogP contribution >= 0.6 is 0 Å². The summed E-state index contributed by atoms with van der Waals surface area (Å²) in [5.74, 6) is 0. The third-order valence-corrected chi connectivity index (χ3v) is 0. The van der Waals surface area contributed by atoms with Crippen molar-refractivity contribution in [2.24, 2.45) is 0 Å². The van der Waals surface area contributed by atoms with Crippen molar-refractivity contribution in [3.05, 3.63) is 0 Å². The van der Waals surface area contributed by atoms with E-state index in [4.69, 9.17) is 0 Å². The van der Waals surface area contributed by atoms with E-state index in [-0.39, 0.29) is 87.2 Å². The summed E-state index contributed by atoms with van der Waals surface area (Å²) in [6.45, 7) is 0. The van der Waals surface area contributed by atoms with Crippen LogP contribution < -0.4 is 0 Å². The first kappa shape index (κ1) is 49.0. The quantitative estimate of drug-likeness (QED) is 0.434. The maximum Gasteiger partial charge on any atom is 0 e. The topological polar surface area (TPSA) is 0 Å². The van der Waals surface area contributed by atoms with Crippen molar-refractivity contribution in [1.29, 1.82) is 0 Å². The molecule has 0 aromatic carbocycles. The Hall–Kier alpha value is 2.60. The van der Waals surface area contributed by atoms with Gasteiger partial charge in [0.15, 0.2) is 17.4 Å². The molecule has 0 spiro atoms. The Kier molecular flexibility index (Phi) is 300. The molecule has 0 nitrogen and oxygen atoms in total. The van der Waals surface area contributed by atoms with Crippen molar-refractivity contribution in [3.63, 3.8) is 0 Å². The third kappa shape index (κ3) is 20.7. The van der Waals surface area contributed by atoms with E-state index in [1.54, 1.807) is 0 Å². The molecule has 0 amide bonds. The molecule has 0 bridgehead atoms. The molecule has 0 aromatic heterocycles. The van der Waals surface area contributed by atoms with Crippen LogP contribution in [-0.2, 0) is 59.8 Å². The van der Waals surface area contributed by atoms with Crippen LogP contribution in [0.5, 0.6) is 0 Å². The molecule has 0 unspecified atom stereocenters. The Morgan fingerprint density at radius 2 is 1.00 bits per heavy atom. The summed E-state index contributed by atoms with van der Waals surface area (Å²) in [4.78, 5) is 0.